The van der Waals surface area contributed by atoms with Gasteiger partial charge < -0.3 is 0 Å². The molecule has 106 valence electrons. The maximum absolute atomic E-state index is 12.4. The lowest BCUT2D eigenvalue weighted by molar-refractivity contribution is -0.140. The number of hydrogen-bond acceptors (Lipinski definition) is 3. The summed E-state index contributed by atoms with van der Waals surface area (Å²) in [5.74, 6) is 1.51. The van der Waals surface area contributed by atoms with Gasteiger partial charge in [0.05, 0.1) is 5.92 Å². The summed E-state index contributed by atoms with van der Waals surface area (Å²) in [6.07, 6.45) is 2.29. The molecule has 5 heteroatoms. The van der Waals surface area contributed by atoms with E-state index in [4.69, 9.17) is 11.6 Å². The molecule has 1 unspecified atom stereocenters. The zero-order valence-corrected chi connectivity index (χ0v) is 12.6. The Morgan fingerprint density at radius 3 is 2.45 bits per heavy atom. The van der Waals surface area contributed by atoms with Crippen LogP contribution < -0.4 is 5.32 Å². The summed E-state index contributed by atoms with van der Waals surface area (Å²) in [5, 5.41) is 3.16. The second-order valence-corrected chi connectivity index (χ2v) is 7.21. The van der Waals surface area contributed by atoms with Gasteiger partial charge >= 0.3 is 0 Å². The summed E-state index contributed by atoms with van der Waals surface area (Å²) in [6.45, 7) is 0. The van der Waals surface area contributed by atoms with Crippen LogP contribution in [0.5, 0.6) is 0 Å². The van der Waals surface area contributed by atoms with Gasteiger partial charge in [0.15, 0.2) is 0 Å². The van der Waals surface area contributed by atoms with E-state index in [-0.39, 0.29) is 23.1 Å². The third kappa shape index (κ3) is 2.47. The highest BCUT2D eigenvalue weighted by molar-refractivity contribution is 7.99. The van der Waals surface area contributed by atoms with Crippen molar-refractivity contribution in [3.63, 3.8) is 0 Å². The first-order valence-corrected chi connectivity index (χ1v) is 8.31. The Labute approximate surface area is 127 Å². The zero-order chi connectivity index (χ0) is 14.2. The number of thioether (sulfide) groups is 1. The smallest absolute Gasteiger partial charge is 0.234 e. The minimum atomic E-state index is -0.238. The van der Waals surface area contributed by atoms with E-state index in [1.165, 1.54) is 0 Å². The molecular weight excluding hydrogens is 294 g/mol. The lowest BCUT2D eigenvalue weighted by Crippen LogP contribution is -2.52. The number of carbonyl (C=O) groups excluding carboxylic acids is 2. The number of halogens is 1. The van der Waals surface area contributed by atoms with E-state index in [1.807, 2.05) is 36.0 Å². The zero-order valence-electron chi connectivity index (χ0n) is 11.0. The number of rotatable bonds is 1. The Hall–Kier alpha value is -1.00. The number of benzene rings is 1. The Morgan fingerprint density at radius 2 is 1.80 bits per heavy atom. The fraction of sp³-hybridized carbons (Fsp3) is 0.467. The van der Waals surface area contributed by atoms with Crippen molar-refractivity contribution in [2.45, 2.75) is 25.2 Å². The number of nitrogens with one attached hydrogen (secondary N) is 1. The third-order valence-corrected chi connectivity index (χ3v) is 5.58. The van der Waals surface area contributed by atoms with E-state index < -0.39 is 0 Å². The van der Waals surface area contributed by atoms with Crippen molar-refractivity contribution in [3.8, 4) is 0 Å². The van der Waals surface area contributed by atoms with Crippen LogP contribution in [0.25, 0.3) is 0 Å². The van der Waals surface area contributed by atoms with Crippen molar-refractivity contribution in [1.29, 1.82) is 0 Å². The fourth-order valence-electron chi connectivity index (χ4n) is 3.36. The van der Waals surface area contributed by atoms with E-state index >= 15 is 0 Å². The van der Waals surface area contributed by atoms with Crippen LogP contribution in [0.2, 0.25) is 5.02 Å². The minimum Gasteiger partial charge on any atom is -0.296 e. The summed E-state index contributed by atoms with van der Waals surface area (Å²) >= 11 is 7.83. The van der Waals surface area contributed by atoms with Crippen LogP contribution in [-0.2, 0) is 9.59 Å². The second-order valence-electron chi connectivity index (χ2n) is 5.55. The highest BCUT2D eigenvalue weighted by Crippen LogP contribution is 2.50. The molecule has 0 aliphatic carbocycles. The van der Waals surface area contributed by atoms with Crippen LogP contribution in [0.1, 0.15) is 30.7 Å². The Kier molecular flexibility index (Phi) is 3.78. The molecule has 1 aromatic carbocycles. The number of carbonyl (C=O) groups is 2. The average Bonchev–Trinajstić information content (AvgIpc) is 2.41. The lowest BCUT2D eigenvalue weighted by Gasteiger charge is -2.45. The van der Waals surface area contributed by atoms with Gasteiger partial charge in [-0.25, -0.2) is 0 Å². The number of piperidine rings is 1. The fourth-order valence-corrected chi connectivity index (χ4v) is 4.79. The van der Waals surface area contributed by atoms with Crippen molar-refractivity contribution in [1.82, 2.24) is 5.32 Å². The van der Waals surface area contributed by atoms with Gasteiger partial charge in [0, 0.05) is 11.4 Å². The molecule has 3 nitrogen and oxygen atoms in total. The van der Waals surface area contributed by atoms with E-state index in [0.717, 1.165) is 29.9 Å². The minimum absolute atomic E-state index is 0.132. The molecular formula is C15H16ClNO2S. The molecule has 1 atom stereocenters. The molecule has 1 N–H and O–H groups in total. The molecule has 2 aliphatic rings. The molecule has 2 aliphatic heterocycles. The molecule has 2 amide bonds. The van der Waals surface area contributed by atoms with Crippen LogP contribution in [0.4, 0.5) is 0 Å². The summed E-state index contributed by atoms with van der Waals surface area (Å²) in [4.78, 5) is 24.2. The molecule has 3 rings (SSSR count). The van der Waals surface area contributed by atoms with Gasteiger partial charge in [0.1, 0.15) is 0 Å². The lowest BCUT2D eigenvalue weighted by atomic mass is 9.64. The molecule has 1 aromatic rings. The summed E-state index contributed by atoms with van der Waals surface area (Å²) in [6, 6.07) is 7.44. The average molecular weight is 310 g/mol. The van der Waals surface area contributed by atoms with Crippen molar-refractivity contribution >= 4 is 35.2 Å². The monoisotopic (exact) mass is 309 g/mol. The maximum atomic E-state index is 12.4. The molecule has 0 aromatic heterocycles. The normalized spacial score (nSPS) is 25.6. The van der Waals surface area contributed by atoms with Gasteiger partial charge in [0.25, 0.3) is 0 Å². The topological polar surface area (TPSA) is 46.2 Å². The van der Waals surface area contributed by atoms with Crippen LogP contribution in [0.3, 0.4) is 0 Å². The number of amides is 2. The summed E-state index contributed by atoms with van der Waals surface area (Å²) in [7, 11) is 0. The molecule has 1 spiro atoms. The van der Waals surface area contributed by atoms with Crippen molar-refractivity contribution in [3.05, 3.63) is 34.9 Å². The van der Waals surface area contributed by atoms with E-state index in [2.05, 4.69) is 5.32 Å². The van der Waals surface area contributed by atoms with Crippen LogP contribution in [-0.4, -0.2) is 23.3 Å². The third-order valence-electron chi connectivity index (χ3n) is 4.34. The largest absolute Gasteiger partial charge is 0.296 e. The van der Waals surface area contributed by atoms with Crippen molar-refractivity contribution < 1.29 is 9.59 Å². The molecule has 2 heterocycles. The number of imide groups is 1. The van der Waals surface area contributed by atoms with Gasteiger partial charge in [-0.2, -0.15) is 11.8 Å². The van der Waals surface area contributed by atoms with Crippen LogP contribution >= 0.6 is 23.4 Å². The number of hydrogen-bond donors (Lipinski definition) is 1. The Bertz CT molecular complexity index is 537. The highest BCUT2D eigenvalue weighted by Gasteiger charge is 2.49. The van der Waals surface area contributed by atoms with E-state index in [0.29, 0.717) is 11.4 Å². The first-order chi connectivity index (χ1) is 9.61. The molecule has 0 radical (unpaired) electrons. The summed E-state index contributed by atoms with van der Waals surface area (Å²) in [5.41, 5.74) is 0.754. The van der Waals surface area contributed by atoms with Gasteiger partial charge in [-0.3, -0.25) is 14.9 Å². The quantitative estimate of drug-likeness (QED) is 0.811. The standard InChI is InChI=1S/C15H16ClNO2S/c16-11-3-1-10(2-4-11)13-14(19)17-12(18)9-15(13)5-7-20-8-6-15/h1-4,13H,5-9H2,(H,17,18,19). The van der Waals surface area contributed by atoms with Gasteiger partial charge in [-0.15, -0.1) is 0 Å². The van der Waals surface area contributed by atoms with E-state index in [1.54, 1.807) is 0 Å². The second kappa shape index (κ2) is 5.41. The van der Waals surface area contributed by atoms with E-state index in [9.17, 15) is 9.59 Å². The van der Waals surface area contributed by atoms with Crippen molar-refractivity contribution in [2.75, 3.05) is 11.5 Å². The Morgan fingerprint density at radius 1 is 1.15 bits per heavy atom. The predicted molar refractivity (Wildman–Crippen MR) is 81.0 cm³/mol. The molecule has 2 saturated heterocycles. The van der Waals surface area contributed by atoms with Gasteiger partial charge in [-0.05, 0) is 47.5 Å². The van der Waals surface area contributed by atoms with Crippen LogP contribution in [0, 0.1) is 5.41 Å². The maximum Gasteiger partial charge on any atom is 0.234 e. The van der Waals surface area contributed by atoms with Crippen molar-refractivity contribution in [2.24, 2.45) is 5.41 Å². The first kappa shape index (κ1) is 14.0. The highest BCUT2D eigenvalue weighted by atomic mass is 35.5. The van der Waals surface area contributed by atoms with Crippen LogP contribution in [0.15, 0.2) is 24.3 Å². The first-order valence-electron chi connectivity index (χ1n) is 6.78. The SMILES string of the molecule is O=C1CC2(CCSCC2)C(c2ccc(Cl)cc2)C(=O)N1. The van der Waals surface area contributed by atoms with Gasteiger partial charge in [-0.1, -0.05) is 23.7 Å². The van der Waals surface area contributed by atoms with Gasteiger partial charge in [0.2, 0.25) is 11.8 Å². The Balaban J connectivity index is 2.01. The molecule has 2 fully saturated rings. The molecule has 0 saturated carbocycles. The molecule has 20 heavy (non-hydrogen) atoms. The molecule has 0 bridgehead atoms. The summed E-state index contributed by atoms with van der Waals surface area (Å²) < 4.78 is 0. The predicted octanol–water partition coefficient (Wildman–Crippen LogP) is 2.98.